The Balaban J connectivity index is 2.82. The van der Waals surface area contributed by atoms with Crippen LogP contribution in [0.4, 0.5) is 0 Å². The Bertz CT molecular complexity index is 506. The van der Waals surface area contributed by atoms with Crippen LogP contribution in [0.5, 0.6) is 0 Å². The molecule has 0 aliphatic heterocycles. The fraction of sp³-hybridized carbons (Fsp3) is 0.231. The second-order valence-electron chi connectivity index (χ2n) is 3.58. The van der Waals surface area contributed by atoms with Gasteiger partial charge in [-0.2, -0.15) is 0 Å². The predicted molar refractivity (Wildman–Crippen MR) is 60.6 cm³/mol. The molecule has 0 aromatic heterocycles. The monoisotopic (exact) mass is 217 g/mol. The molecule has 1 radical (unpaired) electrons. The third-order valence-corrected chi connectivity index (χ3v) is 2.74. The van der Waals surface area contributed by atoms with Gasteiger partial charge in [-0.05, 0) is 33.5 Å². The van der Waals surface area contributed by atoms with Gasteiger partial charge in [-0.25, -0.2) is 0 Å². The quantitative estimate of drug-likeness (QED) is 0.722. The smallest absolute Gasteiger partial charge is 0.0691 e. The van der Waals surface area contributed by atoms with Crippen molar-refractivity contribution in [1.82, 2.24) is 0 Å². The van der Waals surface area contributed by atoms with Crippen LogP contribution in [0, 0.1) is 6.07 Å². The highest BCUT2D eigenvalue weighted by molar-refractivity contribution is 5.87. The first-order chi connectivity index (χ1) is 7.81. The molecule has 3 heteroatoms. The zero-order valence-corrected chi connectivity index (χ0v) is 8.77. The zero-order valence-electron chi connectivity index (χ0n) is 8.77. The average Bonchev–Trinajstić information content (AvgIpc) is 2.36. The van der Waals surface area contributed by atoms with Crippen molar-refractivity contribution in [3.05, 3.63) is 47.0 Å². The molecule has 0 heterocycles. The minimum Gasteiger partial charge on any atom is -0.392 e. The summed E-state index contributed by atoms with van der Waals surface area (Å²) in [6, 6.07) is 10.5. The predicted octanol–water partition coefficient (Wildman–Crippen LogP) is 1.12. The molecule has 0 amide bonds. The van der Waals surface area contributed by atoms with E-state index in [0.717, 1.165) is 10.8 Å². The molecule has 2 rings (SSSR count). The maximum Gasteiger partial charge on any atom is 0.0691 e. The first-order valence-electron chi connectivity index (χ1n) is 5.09. The van der Waals surface area contributed by atoms with Crippen molar-refractivity contribution in [2.24, 2.45) is 0 Å². The summed E-state index contributed by atoms with van der Waals surface area (Å²) in [7, 11) is 0. The van der Waals surface area contributed by atoms with Gasteiger partial charge in [-0.1, -0.05) is 24.3 Å². The van der Waals surface area contributed by atoms with Crippen LogP contribution in [0.1, 0.15) is 16.7 Å². The van der Waals surface area contributed by atoms with E-state index in [0.29, 0.717) is 16.7 Å². The van der Waals surface area contributed by atoms with Crippen LogP contribution in [0.15, 0.2) is 24.3 Å². The van der Waals surface area contributed by atoms with Crippen LogP contribution in [0.25, 0.3) is 10.8 Å². The molecular weight excluding hydrogens is 204 g/mol. The van der Waals surface area contributed by atoms with Crippen molar-refractivity contribution in [2.45, 2.75) is 19.8 Å². The molecule has 0 unspecified atom stereocenters. The van der Waals surface area contributed by atoms with Crippen molar-refractivity contribution in [3.8, 4) is 0 Å². The highest BCUT2D eigenvalue weighted by Crippen LogP contribution is 2.26. The molecule has 0 saturated heterocycles. The zero-order chi connectivity index (χ0) is 11.5. The van der Waals surface area contributed by atoms with E-state index in [1.54, 1.807) is 0 Å². The van der Waals surface area contributed by atoms with Gasteiger partial charge in [0.2, 0.25) is 0 Å². The molecule has 0 aliphatic carbocycles. The van der Waals surface area contributed by atoms with E-state index < -0.39 is 0 Å². The lowest BCUT2D eigenvalue weighted by molar-refractivity contribution is 0.248. The lowest BCUT2D eigenvalue weighted by Gasteiger charge is -2.13. The first-order valence-corrected chi connectivity index (χ1v) is 5.09. The molecule has 0 bridgehead atoms. The summed E-state index contributed by atoms with van der Waals surface area (Å²) in [5.41, 5.74) is 1.79. The van der Waals surface area contributed by atoms with Crippen molar-refractivity contribution in [3.63, 3.8) is 0 Å². The van der Waals surface area contributed by atoms with Gasteiger partial charge in [-0.15, -0.1) is 0 Å². The van der Waals surface area contributed by atoms with E-state index in [4.69, 9.17) is 0 Å². The Morgan fingerprint density at radius 3 is 2.19 bits per heavy atom. The van der Waals surface area contributed by atoms with E-state index in [2.05, 4.69) is 6.07 Å². The molecule has 2 aromatic carbocycles. The summed E-state index contributed by atoms with van der Waals surface area (Å²) in [6.07, 6.45) is 0. The lowest BCUT2D eigenvalue weighted by Crippen LogP contribution is -2.02. The minimum atomic E-state index is -0.201. The Hall–Kier alpha value is -1.42. The molecule has 0 fully saturated rings. The molecule has 3 N–H and O–H groups in total. The van der Waals surface area contributed by atoms with Crippen molar-refractivity contribution in [1.29, 1.82) is 0 Å². The van der Waals surface area contributed by atoms with Gasteiger partial charge >= 0.3 is 0 Å². The van der Waals surface area contributed by atoms with E-state index in [1.807, 2.05) is 24.3 Å². The van der Waals surface area contributed by atoms with Crippen LogP contribution >= 0.6 is 0 Å². The number of fused-ring (bicyclic) bond motifs is 1. The molecule has 3 nitrogen and oxygen atoms in total. The minimum absolute atomic E-state index is 0.155. The van der Waals surface area contributed by atoms with Crippen molar-refractivity contribution in [2.75, 3.05) is 0 Å². The maximum atomic E-state index is 9.36. The molecule has 2 aromatic rings. The number of hydrogen-bond acceptors (Lipinski definition) is 3. The maximum absolute atomic E-state index is 9.36. The number of benzene rings is 2. The molecular formula is C13H13O3. The van der Waals surface area contributed by atoms with Gasteiger partial charge in [0.25, 0.3) is 0 Å². The largest absolute Gasteiger partial charge is 0.392 e. The molecule has 83 valence electrons. The Morgan fingerprint density at radius 2 is 1.56 bits per heavy atom. The molecule has 16 heavy (non-hydrogen) atoms. The summed E-state index contributed by atoms with van der Waals surface area (Å²) in [5, 5.41) is 29.6. The van der Waals surface area contributed by atoms with Gasteiger partial charge in [0.1, 0.15) is 0 Å². The Labute approximate surface area is 93.6 Å². The fourth-order valence-corrected chi connectivity index (χ4v) is 1.94. The van der Waals surface area contributed by atoms with Crippen LogP contribution < -0.4 is 0 Å². The number of aliphatic hydroxyl groups excluding tert-OH is 3. The summed E-state index contributed by atoms with van der Waals surface area (Å²) in [5.74, 6) is 0. The third-order valence-electron chi connectivity index (χ3n) is 2.74. The van der Waals surface area contributed by atoms with Crippen LogP contribution in [0.3, 0.4) is 0 Å². The van der Waals surface area contributed by atoms with Crippen molar-refractivity contribution < 1.29 is 15.3 Å². The van der Waals surface area contributed by atoms with Crippen LogP contribution in [0.2, 0.25) is 0 Å². The van der Waals surface area contributed by atoms with Gasteiger partial charge in [0, 0.05) is 0 Å². The second-order valence-corrected chi connectivity index (χ2v) is 3.58. The topological polar surface area (TPSA) is 60.7 Å². The van der Waals surface area contributed by atoms with Gasteiger partial charge in [0.05, 0.1) is 19.8 Å². The molecule has 0 aliphatic rings. The number of hydrogen-bond donors (Lipinski definition) is 3. The second kappa shape index (κ2) is 4.61. The lowest BCUT2D eigenvalue weighted by atomic mass is 9.95. The molecule has 0 atom stereocenters. The van der Waals surface area contributed by atoms with E-state index >= 15 is 0 Å². The van der Waals surface area contributed by atoms with Gasteiger partial charge in [0.15, 0.2) is 0 Å². The molecule has 0 saturated carbocycles. The third kappa shape index (κ3) is 1.69. The fourth-order valence-electron chi connectivity index (χ4n) is 1.94. The van der Waals surface area contributed by atoms with Crippen LogP contribution in [-0.4, -0.2) is 15.3 Å². The SMILES string of the molecule is OCc1[c]c2ccccc2c(CO)c1CO. The van der Waals surface area contributed by atoms with Gasteiger partial charge < -0.3 is 15.3 Å². The normalized spacial score (nSPS) is 10.9. The Kier molecular flexibility index (Phi) is 3.19. The number of rotatable bonds is 3. The first kappa shape index (κ1) is 11.1. The highest BCUT2D eigenvalue weighted by atomic mass is 16.3. The van der Waals surface area contributed by atoms with Crippen LogP contribution in [-0.2, 0) is 19.8 Å². The Morgan fingerprint density at radius 1 is 0.875 bits per heavy atom. The summed E-state index contributed by atoms with van der Waals surface area (Å²) in [6.45, 7) is -0.543. The summed E-state index contributed by atoms with van der Waals surface area (Å²) in [4.78, 5) is 0. The van der Waals surface area contributed by atoms with E-state index in [1.165, 1.54) is 0 Å². The van der Waals surface area contributed by atoms with Gasteiger partial charge in [-0.3, -0.25) is 0 Å². The summed E-state index contributed by atoms with van der Waals surface area (Å²) < 4.78 is 0. The van der Waals surface area contributed by atoms with E-state index in [-0.39, 0.29) is 19.8 Å². The average molecular weight is 217 g/mol. The van der Waals surface area contributed by atoms with E-state index in [9.17, 15) is 15.3 Å². The molecule has 0 spiro atoms. The highest BCUT2D eigenvalue weighted by Gasteiger charge is 2.11. The number of aliphatic hydroxyl groups is 3. The standard InChI is InChI=1S/C13H13O3/c14-6-10-5-9-3-1-2-4-11(9)13(8-16)12(10)7-15/h1-4,14-16H,6-8H2. The van der Waals surface area contributed by atoms with Crippen molar-refractivity contribution >= 4 is 10.8 Å². The summed E-state index contributed by atoms with van der Waals surface area (Å²) >= 11 is 0.